The van der Waals surface area contributed by atoms with Crippen LogP contribution in [0.25, 0.3) is 5.32 Å². The van der Waals surface area contributed by atoms with Crippen molar-refractivity contribution >= 4 is 0 Å². The number of piperidine rings is 1. The van der Waals surface area contributed by atoms with Gasteiger partial charge in [0.05, 0.1) is 0 Å². The minimum absolute atomic E-state index is 0. The Bertz CT molecular complexity index is 465. The Hall–Kier alpha value is 0.134. The molecule has 2 heterocycles. The van der Waals surface area contributed by atoms with Crippen molar-refractivity contribution < 1.29 is 37.1 Å². The Balaban J connectivity index is 0.00000176. The van der Waals surface area contributed by atoms with Crippen LogP contribution in [0.4, 0.5) is 4.39 Å². The third-order valence-electron chi connectivity index (χ3n) is 4.85. The number of piperazine rings is 1. The minimum atomic E-state index is -0.124. The topological polar surface area (TPSA) is 29.4 Å². The summed E-state index contributed by atoms with van der Waals surface area (Å²) in [4.78, 5) is 2.55. The summed E-state index contributed by atoms with van der Waals surface area (Å²) in [6.45, 7) is 7.19. The number of rotatable bonds is 3. The summed E-state index contributed by atoms with van der Waals surface area (Å²) in [5.74, 6) is 0.481. The maximum atomic E-state index is 13.7. The molecule has 2 saturated heterocycles. The zero-order valence-corrected chi connectivity index (χ0v) is 16.2. The third kappa shape index (κ3) is 4.36. The fourth-order valence-corrected chi connectivity index (χ4v) is 3.79. The van der Waals surface area contributed by atoms with Crippen molar-refractivity contribution in [2.24, 2.45) is 5.92 Å². The molecule has 0 saturated carbocycles. The first-order valence-corrected chi connectivity index (χ1v) is 8.11. The summed E-state index contributed by atoms with van der Waals surface area (Å²) in [5.41, 5.74) is 1.13. The summed E-state index contributed by atoms with van der Waals surface area (Å²) >= 11 is 0. The molecule has 2 fully saturated rings. The van der Waals surface area contributed by atoms with Gasteiger partial charge < -0.3 is 10.6 Å². The van der Waals surface area contributed by atoms with Crippen LogP contribution in [0.2, 0.25) is 0 Å². The molecule has 22 heavy (non-hydrogen) atoms. The smallest absolute Gasteiger partial charge is 0.123 e. The van der Waals surface area contributed by atoms with E-state index < -0.39 is 0 Å². The number of nitrogens with one attached hydrogen (secondary N) is 1. The van der Waals surface area contributed by atoms with Gasteiger partial charge in [-0.15, -0.1) is 13.1 Å². The zero-order valence-electron chi connectivity index (χ0n) is 13.3. The maximum absolute atomic E-state index is 13.7. The van der Waals surface area contributed by atoms with E-state index >= 15 is 0 Å². The van der Waals surface area contributed by atoms with Crippen LogP contribution >= 0.6 is 0 Å². The van der Waals surface area contributed by atoms with Crippen LogP contribution in [-0.4, -0.2) is 43.7 Å². The van der Waals surface area contributed by atoms with E-state index in [0.29, 0.717) is 18.0 Å². The SMILES string of the molecule is C[C@H]1C[N-]CCN1[C@@H](c1cccc(F)c1)C1CCNCC1.[Y]. The van der Waals surface area contributed by atoms with Crippen molar-refractivity contribution in [1.82, 2.24) is 10.2 Å². The largest absolute Gasteiger partial charge is 0.660 e. The summed E-state index contributed by atoms with van der Waals surface area (Å²) in [7, 11) is 0. The Morgan fingerprint density at radius 1 is 1.32 bits per heavy atom. The first-order valence-electron chi connectivity index (χ1n) is 8.11. The number of nitrogens with zero attached hydrogens (tertiary/aromatic N) is 2. The molecular formula is C17H25FN3Y-. The van der Waals surface area contributed by atoms with E-state index in [-0.39, 0.29) is 38.5 Å². The monoisotopic (exact) mass is 379 g/mol. The van der Waals surface area contributed by atoms with Crippen LogP contribution in [-0.2, 0) is 32.7 Å². The zero-order chi connectivity index (χ0) is 14.7. The molecule has 119 valence electrons. The predicted octanol–water partition coefficient (Wildman–Crippen LogP) is 2.94. The van der Waals surface area contributed by atoms with Gasteiger partial charge in [0.25, 0.3) is 0 Å². The molecule has 0 amide bonds. The van der Waals surface area contributed by atoms with E-state index in [1.165, 1.54) is 18.9 Å². The molecule has 0 unspecified atom stereocenters. The number of benzene rings is 1. The minimum Gasteiger partial charge on any atom is -0.660 e. The Labute approximate surface area is 158 Å². The molecular weight excluding hydrogens is 354 g/mol. The second kappa shape index (κ2) is 8.84. The molecule has 1 N–H and O–H groups in total. The van der Waals surface area contributed by atoms with Crippen LogP contribution in [0.3, 0.4) is 0 Å². The molecule has 0 bridgehead atoms. The van der Waals surface area contributed by atoms with Gasteiger partial charge in [0.2, 0.25) is 0 Å². The normalized spacial score (nSPS) is 25.5. The van der Waals surface area contributed by atoms with Gasteiger partial charge in [-0.3, -0.25) is 4.90 Å². The van der Waals surface area contributed by atoms with Gasteiger partial charge in [-0.1, -0.05) is 19.1 Å². The molecule has 3 rings (SSSR count). The second-order valence-corrected chi connectivity index (χ2v) is 6.30. The van der Waals surface area contributed by atoms with Crippen molar-refractivity contribution in [3.8, 4) is 0 Å². The second-order valence-electron chi connectivity index (χ2n) is 6.30. The van der Waals surface area contributed by atoms with Gasteiger partial charge >= 0.3 is 0 Å². The number of halogens is 1. The molecule has 1 radical (unpaired) electrons. The van der Waals surface area contributed by atoms with Crippen LogP contribution < -0.4 is 5.32 Å². The van der Waals surface area contributed by atoms with E-state index in [2.05, 4.69) is 28.5 Å². The van der Waals surface area contributed by atoms with Crippen LogP contribution in [0.15, 0.2) is 24.3 Å². The van der Waals surface area contributed by atoms with E-state index in [1.54, 1.807) is 6.07 Å². The molecule has 1 aromatic rings. The van der Waals surface area contributed by atoms with Crippen molar-refractivity contribution in [3.63, 3.8) is 0 Å². The summed E-state index contributed by atoms with van der Waals surface area (Å²) in [6, 6.07) is 7.98. The predicted molar refractivity (Wildman–Crippen MR) is 84.0 cm³/mol. The quantitative estimate of drug-likeness (QED) is 0.875. The van der Waals surface area contributed by atoms with Gasteiger partial charge in [0, 0.05) is 38.8 Å². The molecule has 3 nitrogen and oxygen atoms in total. The number of hydrogen-bond donors (Lipinski definition) is 1. The summed E-state index contributed by atoms with van der Waals surface area (Å²) in [6.07, 6.45) is 2.34. The Morgan fingerprint density at radius 3 is 2.77 bits per heavy atom. The fourth-order valence-electron chi connectivity index (χ4n) is 3.79. The number of hydrogen-bond acceptors (Lipinski definition) is 2. The first kappa shape index (κ1) is 18.5. The van der Waals surface area contributed by atoms with Gasteiger partial charge in [0.15, 0.2) is 0 Å². The maximum Gasteiger partial charge on any atom is 0.123 e. The summed E-state index contributed by atoms with van der Waals surface area (Å²) in [5, 5.41) is 7.95. The van der Waals surface area contributed by atoms with Crippen molar-refractivity contribution in [3.05, 3.63) is 41.0 Å². The van der Waals surface area contributed by atoms with Crippen LogP contribution in [0.5, 0.6) is 0 Å². The third-order valence-corrected chi connectivity index (χ3v) is 4.85. The van der Waals surface area contributed by atoms with E-state index in [0.717, 1.165) is 38.3 Å². The average molecular weight is 379 g/mol. The van der Waals surface area contributed by atoms with Gasteiger partial charge in [-0.05, 0) is 62.1 Å². The van der Waals surface area contributed by atoms with Gasteiger partial charge in [-0.25, -0.2) is 4.39 Å². The van der Waals surface area contributed by atoms with E-state index in [4.69, 9.17) is 0 Å². The van der Waals surface area contributed by atoms with E-state index in [9.17, 15) is 4.39 Å². The molecule has 2 atom stereocenters. The van der Waals surface area contributed by atoms with Crippen molar-refractivity contribution in [2.75, 3.05) is 32.7 Å². The average Bonchev–Trinajstić information content (AvgIpc) is 2.51. The van der Waals surface area contributed by atoms with Crippen LogP contribution in [0.1, 0.15) is 31.4 Å². The molecule has 2 aliphatic rings. The molecule has 2 aliphatic heterocycles. The molecule has 5 heteroatoms. The molecule has 0 spiro atoms. The summed E-state index contributed by atoms with van der Waals surface area (Å²) < 4.78 is 13.7. The molecule has 1 aromatic carbocycles. The fraction of sp³-hybridized carbons (Fsp3) is 0.647. The Morgan fingerprint density at radius 2 is 2.09 bits per heavy atom. The molecule has 0 aromatic heterocycles. The Kier molecular flexibility index (Phi) is 7.42. The standard InChI is InChI=1S/C17H25FN3.Y/c1-13-12-20-9-10-21(13)17(14-5-7-19-8-6-14)15-3-2-4-16(18)11-15;/h2-4,11,13-14,17,19H,5-10,12H2,1H3;/q-1;/t13-,17+;/m0./s1. The van der Waals surface area contributed by atoms with Crippen molar-refractivity contribution in [1.29, 1.82) is 0 Å². The van der Waals surface area contributed by atoms with Crippen molar-refractivity contribution in [2.45, 2.75) is 31.8 Å². The molecule has 0 aliphatic carbocycles. The van der Waals surface area contributed by atoms with Gasteiger partial charge in [-0.2, -0.15) is 0 Å². The van der Waals surface area contributed by atoms with E-state index in [1.807, 2.05) is 6.07 Å². The first-order chi connectivity index (χ1) is 10.3. The van der Waals surface area contributed by atoms with Crippen LogP contribution in [0, 0.1) is 11.7 Å². The van der Waals surface area contributed by atoms with Gasteiger partial charge in [0.1, 0.15) is 5.82 Å².